The number of allylic oxidation sites excluding steroid dienone is 1. The highest BCUT2D eigenvalue weighted by atomic mass is 15.2. The summed E-state index contributed by atoms with van der Waals surface area (Å²) in [5.41, 5.74) is 11.8. The largest absolute Gasteiger partial charge is 0.381 e. The molecule has 0 unspecified atom stereocenters. The van der Waals surface area contributed by atoms with Gasteiger partial charge in [0.15, 0.2) is 0 Å². The summed E-state index contributed by atoms with van der Waals surface area (Å²) in [5.74, 6) is 0.532. The molecule has 2 aliphatic heterocycles. The second-order valence-corrected chi connectivity index (χ2v) is 10.8. The van der Waals surface area contributed by atoms with Crippen LogP contribution in [0.2, 0.25) is 0 Å². The zero-order valence-corrected chi connectivity index (χ0v) is 24.0. The van der Waals surface area contributed by atoms with Crippen LogP contribution < -0.4 is 5.32 Å². The lowest BCUT2D eigenvalue weighted by Gasteiger charge is -2.36. The van der Waals surface area contributed by atoms with E-state index in [-0.39, 0.29) is 0 Å². The van der Waals surface area contributed by atoms with Gasteiger partial charge in [-0.05, 0) is 85.7 Å². The van der Waals surface area contributed by atoms with Crippen LogP contribution in [0.1, 0.15) is 79.3 Å². The molecule has 0 aromatic heterocycles. The Balaban J connectivity index is 1.50. The van der Waals surface area contributed by atoms with Crippen LogP contribution in [-0.4, -0.2) is 42.7 Å². The SMILES string of the molecule is C=NC1=C(NCc2cc(C(=C)N3CCC(c4ccc(C#N)cc4)CC3)c(CC)cc2CC)CN(C(=C)C)CC1. The van der Waals surface area contributed by atoms with Crippen molar-refractivity contribution in [3.63, 3.8) is 0 Å². The molecule has 204 valence electrons. The number of hydrogen-bond donors (Lipinski definition) is 1. The fourth-order valence-electron chi connectivity index (χ4n) is 5.89. The van der Waals surface area contributed by atoms with Gasteiger partial charge in [0.1, 0.15) is 0 Å². The van der Waals surface area contributed by atoms with Gasteiger partial charge in [0.2, 0.25) is 0 Å². The molecule has 0 bridgehead atoms. The Labute approximate surface area is 235 Å². The number of aryl methyl sites for hydroxylation is 2. The predicted octanol–water partition coefficient (Wildman–Crippen LogP) is 6.77. The lowest BCUT2D eigenvalue weighted by molar-refractivity contribution is 0.299. The molecular formula is C34H43N5. The Morgan fingerprint density at radius 3 is 2.28 bits per heavy atom. The van der Waals surface area contributed by atoms with Gasteiger partial charge < -0.3 is 15.1 Å². The molecule has 1 saturated heterocycles. The fraction of sp³-hybridized carbons (Fsp3) is 0.412. The molecule has 1 N–H and O–H groups in total. The van der Waals surface area contributed by atoms with E-state index in [9.17, 15) is 0 Å². The number of hydrogen-bond acceptors (Lipinski definition) is 5. The molecule has 2 aliphatic rings. The summed E-state index contributed by atoms with van der Waals surface area (Å²) in [4.78, 5) is 9.09. The molecule has 1 fully saturated rings. The Morgan fingerprint density at radius 1 is 1.00 bits per heavy atom. The minimum absolute atomic E-state index is 0.532. The van der Waals surface area contributed by atoms with Crippen molar-refractivity contribution in [2.45, 2.75) is 65.3 Å². The van der Waals surface area contributed by atoms with E-state index >= 15 is 0 Å². The van der Waals surface area contributed by atoms with Crippen molar-refractivity contribution in [2.75, 3.05) is 26.2 Å². The highest BCUT2D eigenvalue weighted by Crippen LogP contribution is 2.33. The highest BCUT2D eigenvalue weighted by Gasteiger charge is 2.24. The maximum absolute atomic E-state index is 9.11. The number of nitrogens with zero attached hydrogens (tertiary/aromatic N) is 4. The number of piperidine rings is 1. The standard InChI is InChI=1S/C34H43N5/c1-7-27-19-28(8-2)32(20-31(27)22-37-34-23-39(24(3)4)18-15-33(34)36-6)25(5)38-16-13-30(14-17-38)29-11-9-26(21-35)10-12-29/h9-12,19-20,30,37H,3,5-8,13-18,22-23H2,1-2,4H3. The van der Waals surface area contributed by atoms with Crippen LogP contribution in [0, 0.1) is 11.3 Å². The first kappa shape index (κ1) is 28.2. The molecule has 0 saturated carbocycles. The summed E-state index contributed by atoms with van der Waals surface area (Å²) >= 11 is 0. The number of likely N-dealkylation sites (tertiary alicyclic amines) is 1. The van der Waals surface area contributed by atoms with E-state index in [1.54, 1.807) is 0 Å². The summed E-state index contributed by atoms with van der Waals surface area (Å²) in [6, 6.07) is 15.1. The Kier molecular flexibility index (Phi) is 9.30. The van der Waals surface area contributed by atoms with Gasteiger partial charge in [0.25, 0.3) is 0 Å². The topological polar surface area (TPSA) is 54.7 Å². The van der Waals surface area contributed by atoms with Crippen LogP contribution in [-0.2, 0) is 19.4 Å². The number of nitriles is 1. The summed E-state index contributed by atoms with van der Waals surface area (Å²) in [5, 5.41) is 12.8. The van der Waals surface area contributed by atoms with Gasteiger partial charge in [-0.2, -0.15) is 5.26 Å². The Hall–Kier alpha value is -3.78. The van der Waals surface area contributed by atoms with Crippen LogP contribution in [0.25, 0.3) is 5.70 Å². The van der Waals surface area contributed by atoms with Crippen LogP contribution in [0.15, 0.2) is 71.6 Å². The van der Waals surface area contributed by atoms with Gasteiger partial charge in [-0.15, -0.1) is 0 Å². The smallest absolute Gasteiger partial charge is 0.0991 e. The highest BCUT2D eigenvalue weighted by molar-refractivity contribution is 5.67. The maximum Gasteiger partial charge on any atom is 0.0991 e. The quantitative estimate of drug-likeness (QED) is 0.350. The van der Waals surface area contributed by atoms with Gasteiger partial charge in [-0.3, -0.25) is 4.99 Å². The molecular weight excluding hydrogens is 478 g/mol. The number of aliphatic imine (C=N–C) groups is 1. The van der Waals surface area contributed by atoms with Crippen LogP contribution >= 0.6 is 0 Å². The third-order valence-electron chi connectivity index (χ3n) is 8.42. The maximum atomic E-state index is 9.11. The van der Waals surface area contributed by atoms with Gasteiger partial charge in [0, 0.05) is 49.6 Å². The van der Waals surface area contributed by atoms with Crippen molar-refractivity contribution in [1.82, 2.24) is 15.1 Å². The van der Waals surface area contributed by atoms with E-state index in [1.165, 1.54) is 27.8 Å². The van der Waals surface area contributed by atoms with Gasteiger partial charge in [-0.25, -0.2) is 0 Å². The molecule has 0 radical (unpaired) electrons. The van der Waals surface area contributed by atoms with Crippen molar-refractivity contribution >= 4 is 12.4 Å². The second kappa shape index (κ2) is 12.8. The van der Waals surface area contributed by atoms with Gasteiger partial charge in [-0.1, -0.05) is 45.2 Å². The van der Waals surface area contributed by atoms with Crippen molar-refractivity contribution in [1.29, 1.82) is 5.26 Å². The fourth-order valence-corrected chi connectivity index (χ4v) is 5.89. The molecule has 39 heavy (non-hydrogen) atoms. The molecule has 2 heterocycles. The molecule has 5 heteroatoms. The van der Waals surface area contributed by atoms with E-state index in [2.05, 4.69) is 91.1 Å². The van der Waals surface area contributed by atoms with Crippen LogP contribution in [0.5, 0.6) is 0 Å². The Bertz CT molecular complexity index is 1290. The van der Waals surface area contributed by atoms with E-state index < -0.39 is 0 Å². The Morgan fingerprint density at radius 2 is 1.69 bits per heavy atom. The lowest BCUT2D eigenvalue weighted by atomic mass is 9.88. The molecule has 0 aliphatic carbocycles. The van der Waals surface area contributed by atoms with Crippen LogP contribution in [0.3, 0.4) is 0 Å². The summed E-state index contributed by atoms with van der Waals surface area (Å²) in [6.45, 7) is 23.6. The molecule has 4 rings (SSSR count). The zero-order valence-electron chi connectivity index (χ0n) is 24.0. The molecule has 5 nitrogen and oxygen atoms in total. The average molecular weight is 522 g/mol. The first-order valence-electron chi connectivity index (χ1n) is 14.3. The van der Waals surface area contributed by atoms with E-state index in [1.807, 2.05) is 12.1 Å². The number of nitrogens with one attached hydrogen (secondary N) is 1. The first-order chi connectivity index (χ1) is 18.9. The molecule has 0 amide bonds. The first-order valence-corrected chi connectivity index (χ1v) is 14.3. The number of benzene rings is 2. The normalized spacial score (nSPS) is 16.2. The van der Waals surface area contributed by atoms with Crippen molar-refractivity contribution < 1.29 is 0 Å². The summed E-state index contributed by atoms with van der Waals surface area (Å²) < 4.78 is 0. The van der Waals surface area contributed by atoms with E-state index in [0.717, 1.165) is 93.2 Å². The second-order valence-electron chi connectivity index (χ2n) is 10.8. The lowest BCUT2D eigenvalue weighted by Crippen LogP contribution is -2.35. The summed E-state index contributed by atoms with van der Waals surface area (Å²) in [7, 11) is 0. The van der Waals surface area contributed by atoms with Crippen molar-refractivity contribution in [3.05, 3.63) is 100 Å². The third-order valence-corrected chi connectivity index (χ3v) is 8.42. The van der Waals surface area contributed by atoms with Gasteiger partial charge in [0.05, 0.1) is 29.6 Å². The predicted molar refractivity (Wildman–Crippen MR) is 163 cm³/mol. The monoisotopic (exact) mass is 521 g/mol. The van der Waals surface area contributed by atoms with Crippen molar-refractivity contribution in [2.24, 2.45) is 4.99 Å². The minimum Gasteiger partial charge on any atom is -0.381 e. The summed E-state index contributed by atoms with van der Waals surface area (Å²) in [6.07, 6.45) is 5.06. The zero-order chi connectivity index (χ0) is 27.9. The van der Waals surface area contributed by atoms with E-state index in [4.69, 9.17) is 5.26 Å². The van der Waals surface area contributed by atoms with Gasteiger partial charge >= 0.3 is 0 Å². The average Bonchev–Trinajstić information content (AvgIpc) is 2.99. The molecule has 0 atom stereocenters. The van der Waals surface area contributed by atoms with Crippen molar-refractivity contribution in [3.8, 4) is 6.07 Å². The minimum atomic E-state index is 0.532. The van der Waals surface area contributed by atoms with E-state index in [0.29, 0.717) is 5.92 Å². The third kappa shape index (κ3) is 6.45. The van der Waals surface area contributed by atoms with Crippen LogP contribution in [0.4, 0.5) is 0 Å². The number of rotatable bonds is 10. The molecule has 2 aromatic carbocycles. The molecule has 2 aromatic rings. The molecule has 0 spiro atoms.